The van der Waals surface area contributed by atoms with Gasteiger partial charge in [0.15, 0.2) is 0 Å². The number of anilines is 1. The lowest BCUT2D eigenvalue weighted by Gasteiger charge is -2.37. The summed E-state index contributed by atoms with van der Waals surface area (Å²) in [5.41, 5.74) is 6.61. The molecule has 1 aromatic heterocycles. The molecular weight excluding hydrogens is 536 g/mol. The lowest BCUT2D eigenvalue weighted by Crippen LogP contribution is -2.38. The largest absolute Gasteiger partial charge is 0.497 e. The fraction of sp³-hybridized carbons (Fsp3) is 0.312. The first kappa shape index (κ1) is 29.3. The summed E-state index contributed by atoms with van der Waals surface area (Å²) >= 11 is 0. The van der Waals surface area contributed by atoms with E-state index in [0.717, 1.165) is 28.2 Å². The van der Waals surface area contributed by atoms with Crippen molar-refractivity contribution >= 4 is 5.82 Å². The molecule has 2 heterocycles. The quantitative estimate of drug-likeness (QED) is 0.219. The van der Waals surface area contributed by atoms with Gasteiger partial charge in [0, 0.05) is 25.7 Å². The second kappa shape index (κ2) is 13.2. The zero-order valence-electron chi connectivity index (χ0n) is 23.7. The van der Waals surface area contributed by atoms with Crippen LogP contribution in [0.15, 0.2) is 95.9 Å². The average molecular weight is 573 g/mol. The van der Waals surface area contributed by atoms with Crippen molar-refractivity contribution in [2.24, 2.45) is 5.73 Å². The molecule has 3 atom stereocenters. The lowest BCUT2D eigenvalue weighted by atomic mass is 9.80. The number of rotatable bonds is 12. The molecule has 4 aromatic rings. The Balaban J connectivity index is 1.47. The van der Waals surface area contributed by atoms with Crippen LogP contribution in [0, 0.1) is 0 Å². The molecule has 10 heteroatoms. The van der Waals surface area contributed by atoms with Gasteiger partial charge >= 0.3 is 5.69 Å². The van der Waals surface area contributed by atoms with Crippen LogP contribution in [0.2, 0.25) is 0 Å². The summed E-state index contributed by atoms with van der Waals surface area (Å²) in [4.78, 5) is 16.8. The number of nitrogens with zero attached hydrogens (tertiary/aromatic N) is 2. The van der Waals surface area contributed by atoms with E-state index in [2.05, 4.69) is 10.3 Å². The van der Waals surface area contributed by atoms with Crippen LogP contribution < -0.4 is 26.2 Å². The summed E-state index contributed by atoms with van der Waals surface area (Å²) in [6.45, 7) is 0.963. The van der Waals surface area contributed by atoms with Crippen molar-refractivity contribution in [2.45, 2.75) is 30.5 Å². The smallest absolute Gasteiger partial charge is 0.351 e. The summed E-state index contributed by atoms with van der Waals surface area (Å²) in [7, 11) is 3.25. The fourth-order valence-electron chi connectivity index (χ4n) is 5.25. The van der Waals surface area contributed by atoms with Gasteiger partial charge in [-0.25, -0.2) is 4.79 Å². The first-order valence-electron chi connectivity index (χ1n) is 13.8. The maximum Gasteiger partial charge on any atom is 0.351 e. The molecule has 0 unspecified atom stereocenters. The topological polar surface area (TPSA) is 130 Å². The van der Waals surface area contributed by atoms with Crippen LogP contribution in [0.5, 0.6) is 11.5 Å². The Morgan fingerprint density at radius 1 is 0.952 bits per heavy atom. The van der Waals surface area contributed by atoms with Crippen molar-refractivity contribution in [3.8, 4) is 11.5 Å². The van der Waals surface area contributed by atoms with E-state index in [1.54, 1.807) is 26.5 Å². The molecule has 1 fully saturated rings. The minimum atomic E-state index is -1.06. The highest BCUT2D eigenvalue weighted by molar-refractivity contribution is 5.49. The van der Waals surface area contributed by atoms with Gasteiger partial charge in [-0.15, -0.1) is 0 Å². The van der Waals surface area contributed by atoms with Crippen LogP contribution in [0.3, 0.4) is 0 Å². The molecule has 0 spiro atoms. The van der Waals surface area contributed by atoms with Crippen molar-refractivity contribution < 1.29 is 24.1 Å². The molecule has 10 nitrogen and oxygen atoms in total. The number of nitrogens with two attached hydrogens (primary N) is 1. The van der Waals surface area contributed by atoms with E-state index in [-0.39, 0.29) is 13.0 Å². The predicted molar refractivity (Wildman–Crippen MR) is 159 cm³/mol. The molecule has 1 aliphatic heterocycles. The molecule has 0 bridgehead atoms. The van der Waals surface area contributed by atoms with E-state index in [0.29, 0.717) is 18.9 Å². The second-order valence-corrected chi connectivity index (χ2v) is 9.97. The van der Waals surface area contributed by atoms with Crippen molar-refractivity contribution in [1.82, 2.24) is 9.55 Å². The highest BCUT2D eigenvalue weighted by Gasteiger charge is 2.42. The van der Waals surface area contributed by atoms with Crippen LogP contribution in [-0.2, 0) is 15.1 Å². The fourth-order valence-corrected chi connectivity index (χ4v) is 5.25. The molecule has 0 radical (unpaired) electrons. The van der Waals surface area contributed by atoms with E-state index in [4.69, 9.17) is 24.7 Å². The number of nitrogens with one attached hydrogen (secondary N) is 1. The Kier molecular flexibility index (Phi) is 9.19. The highest BCUT2D eigenvalue weighted by Crippen LogP contribution is 2.42. The van der Waals surface area contributed by atoms with E-state index < -0.39 is 29.7 Å². The van der Waals surface area contributed by atoms with Gasteiger partial charge in [-0.05, 0) is 47.0 Å². The summed E-state index contributed by atoms with van der Waals surface area (Å²) in [5.74, 6) is 1.87. The molecule has 0 amide bonds. The molecular formula is C32H36N4O6. The number of hydrogen-bond donors (Lipinski definition) is 3. The molecule has 0 aliphatic carbocycles. The van der Waals surface area contributed by atoms with Gasteiger partial charge in [-0.1, -0.05) is 54.6 Å². The molecule has 5 rings (SSSR count). The van der Waals surface area contributed by atoms with Gasteiger partial charge in [0.25, 0.3) is 0 Å². The monoisotopic (exact) mass is 572 g/mol. The summed E-state index contributed by atoms with van der Waals surface area (Å²) in [6.07, 6.45) is -0.425. The van der Waals surface area contributed by atoms with Crippen LogP contribution in [0.25, 0.3) is 0 Å². The number of methoxy groups -OCH3 is 2. The first-order valence-corrected chi connectivity index (χ1v) is 13.8. The maximum absolute atomic E-state index is 12.7. The number of aliphatic hydroxyl groups excluding tert-OH is 1. The Morgan fingerprint density at radius 3 is 2.10 bits per heavy atom. The van der Waals surface area contributed by atoms with E-state index in [1.807, 2.05) is 78.9 Å². The zero-order valence-corrected chi connectivity index (χ0v) is 23.7. The van der Waals surface area contributed by atoms with Gasteiger partial charge < -0.3 is 35.1 Å². The third kappa shape index (κ3) is 6.02. The molecule has 42 heavy (non-hydrogen) atoms. The Hall–Kier alpha value is -4.22. The van der Waals surface area contributed by atoms with E-state index in [1.165, 1.54) is 4.57 Å². The van der Waals surface area contributed by atoms with Gasteiger partial charge in [0.1, 0.15) is 35.2 Å². The van der Waals surface area contributed by atoms with E-state index in [9.17, 15) is 9.90 Å². The van der Waals surface area contributed by atoms with Gasteiger partial charge in [-0.3, -0.25) is 4.57 Å². The third-order valence-electron chi connectivity index (χ3n) is 7.43. The van der Waals surface area contributed by atoms with Crippen LogP contribution in [0.1, 0.15) is 29.3 Å². The number of hydrogen-bond acceptors (Lipinski definition) is 9. The van der Waals surface area contributed by atoms with Gasteiger partial charge in [0.2, 0.25) is 0 Å². The van der Waals surface area contributed by atoms with E-state index >= 15 is 0 Å². The minimum Gasteiger partial charge on any atom is -0.497 e. The molecule has 4 N–H and O–H groups in total. The van der Waals surface area contributed by atoms with Gasteiger partial charge in [0.05, 0.1) is 26.9 Å². The average Bonchev–Trinajstić information content (AvgIpc) is 3.41. The maximum atomic E-state index is 12.7. The van der Waals surface area contributed by atoms with Crippen molar-refractivity contribution in [2.75, 3.05) is 39.2 Å². The lowest BCUT2D eigenvalue weighted by molar-refractivity contribution is -0.0944. The standard InChI is InChI=1S/C32H36N4O6/c1-39-25-12-8-23(9-13-25)32(22-6-4-3-5-7-22,24-10-14-26(40-2)15-11-24)41-21-28-27(37)20-30(42-28)36-19-16-29(34-18-17-33)35-31(36)38/h3-16,19,27-28,30,37H,17-18,20-21,33H2,1-2H3,(H,34,35,38)/t27-,28+,30+/m0/s1. The Morgan fingerprint density at radius 2 is 1.55 bits per heavy atom. The minimum absolute atomic E-state index is 0.0446. The number of ether oxygens (including phenoxy) is 4. The highest BCUT2D eigenvalue weighted by atomic mass is 16.6. The van der Waals surface area contributed by atoms with Crippen LogP contribution >= 0.6 is 0 Å². The summed E-state index contributed by atoms with van der Waals surface area (Å²) < 4.78 is 25.3. The van der Waals surface area contributed by atoms with Crippen molar-refractivity contribution in [1.29, 1.82) is 0 Å². The first-order chi connectivity index (χ1) is 20.5. The predicted octanol–water partition coefficient (Wildman–Crippen LogP) is 3.29. The number of aliphatic hydroxyl groups is 1. The Labute approximate surface area is 244 Å². The van der Waals surface area contributed by atoms with Gasteiger partial charge in [-0.2, -0.15) is 4.98 Å². The number of aromatic nitrogens is 2. The molecule has 220 valence electrons. The summed E-state index contributed by atoms with van der Waals surface area (Å²) in [6, 6.07) is 27.0. The molecule has 1 aliphatic rings. The third-order valence-corrected chi connectivity index (χ3v) is 7.43. The summed E-state index contributed by atoms with van der Waals surface area (Å²) in [5, 5.41) is 14.0. The van der Waals surface area contributed by atoms with Crippen molar-refractivity contribution in [3.63, 3.8) is 0 Å². The number of benzene rings is 3. The Bertz CT molecular complexity index is 1450. The molecule has 1 saturated heterocycles. The van der Waals surface area contributed by atoms with Crippen molar-refractivity contribution in [3.05, 3.63) is 118 Å². The SMILES string of the molecule is COc1ccc(C(OC[C@H]2O[C@@H](n3ccc(NCCN)nc3=O)C[C@@H]2O)(c2ccccc2)c2ccc(OC)cc2)cc1. The van der Waals surface area contributed by atoms with Crippen LogP contribution in [-0.4, -0.2) is 60.8 Å². The second-order valence-electron chi connectivity index (χ2n) is 9.97. The normalized spacial score (nSPS) is 18.5. The molecule has 0 saturated carbocycles. The molecule has 3 aromatic carbocycles. The zero-order chi connectivity index (χ0) is 29.5. The van der Waals surface area contributed by atoms with Crippen LogP contribution in [0.4, 0.5) is 5.82 Å².